The van der Waals surface area contributed by atoms with E-state index in [9.17, 15) is 8.42 Å². The van der Waals surface area contributed by atoms with Gasteiger partial charge < -0.3 is 4.74 Å². The Balaban J connectivity index is 1.66. The summed E-state index contributed by atoms with van der Waals surface area (Å²) in [6.45, 7) is 9.04. The monoisotopic (exact) mass is 430 g/mol. The zero-order chi connectivity index (χ0) is 21.6. The second kappa shape index (κ2) is 10.4. The van der Waals surface area contributed by atoms with Crippen molar-refractivity contribution in [3.63, 3.8) is 0 Å². The predicted octanol–water partition coefficient (Wildman–Crippen LogP) is 4.02. The van der Waals surface area contributed by atoms with Crippen LogP contribution in [0.1, 0.15) is 44.2 Å². The minimum atomic E-state index is -3.25. The highest BCUT2D eigenvalue weighted by Crippen LogP contribution is 2.23. The molecule has 30 heavy (non-hydrogen) atoms. The van der Waals surface area contributed by atoms with E-state index in [2.05, 4.69) is 59.9 Å². The molecule has 2 aromatic carbocycles. The predicted molar refractivity (Wildman–Crippen MR) is 122 cm³/mol. The Kier molecular flexibility index (Phi) is 7.92. The van der Waals surface area contributed by atoms with Gasteiger partial charge in [0.2, 0.25) is 10.0 Å². The van der Waals surface area contributed by atoms with E-state index in [0.717, 1.165) is 31.8 Å². The van der Waals surface area contributed by atoms with E-state index in [1.165, 1.54) is 11.1 Å². The van der Waals surface area contributed by atoms with Gasteiger partial charge in [0.25, 0.3) is 0 Å². The number of likely N-dealkylation sites (tertiary alicyclic amines) is 1. The van der Waals surface area contributed by atoms with Crippen LogP contribution in [0.25, 0.3) is 0 Å². The number of hydrogen-bond acceptors (Lipinski definition) is 4. The van der Waals surface area contributed by atoms with Crippen molar-refractivity contribution in [2.75, 3.05) is 25.4 Å². The second-order valence-corrected chi connectivity index (χ2v) is 10.5. The highest BCUT2D eigenvalue weighted by Gasteiger charge is 2.32. The van der Waals surface area contributed by atoms with Crippen LogP contribution in [0.2, 0.25) is 0 Å². The number of ether oxygens (including phenoxy) is 1. The summed E-state index contributed by atoms with van der Waals surface area (Å²) in [6, 6.07) is 18.5. The molecular formula is C24H34N2O3S. The van der Waals surface area contributed by atoms with Gasteiger partial charge in [0, 0.05) is 31.6 Å². The Morgan fingerprint density at radius 2 is 1.80 bits per heavy atom. The van der Waals surface area contributed by atoms with E-state index in [1.807, 2.05) is 18.2 Å². The smallest absolute Gasteiger partial charge is 0.211 e. The molecule has 5 nitrogen and oxygen atoms in total. The minimum Gasteiger partial charge on any atom is -0.493 e. The number of benzene rings is 2. The molecule has 1 aliphatic rings. The number of nitrogens with one attached hydrogen (secondary N) is 1. The molecule has 1 N–H and O–H groups in total. The Morgan fingerprint density at radius 3 is 2.43 bits per heavy atom. The molecular weight excluding hydrogens is 396 g/mol. The fraction of sp³-hybridized carbons (Fsp3) is 0.500. The number of nitrogens with zero attached hydrogens (tertiary/aromatic N) is 1. The lowest BCUT2D eigenvalue weighted by atomic mass is 9.93. The van der Waals surface area contributed by atoms with Crippen molar-refractivity contribution in [1.29, 1.82) is 0 Å². The summed E-state index contributed by atoms with van der Waals surface area (Å²) < 4.78 is 33.4. The van der Waals surface area contributed by atoms with Gasteiger partial charge in [-0.25, -0.2) is 13.1 Å². The molecule has 1 saturated heterocycles. The van der Waals surface area contributed by atoms with E-state index in [-0.39, 0.29) is 17.7 Å². The average Bonchev–Trinajstić information content (AvgIpc) is 2.74. The van der Waals surface area contributed by atoms with Crippen LogP contribution in [0.3, 0.4) is 0 Å². The normalized spacial score (nSPS) is 20.4. The first-order valence-corrected chi connectivity index (χ1v) is 12.5. The maximum atomic E-state index is 12.2. The van der Waals surface area contributed by atoms with Crippen LogP contribution >= 0.6 is 0 Å². The molecule has 3 rings (SSSR count). The lowest BCUT2D eigenvalue weighted by molar-refractivity contribution is 0.102. The van der Waals surface area contributed by atoms with Gasteiger partial charge in [0.15, 0.2) is 0 Å². The summed E-state index contributed by atoms with van der Waals surface area (Å²) in [5.41, 5.74) is 2.55. The molecule has 0 unspecified atom stereocenters. The molecule has 0 saturated carbocycles. The number of rotatable bonds is 9. The summed E-state index contributed by atoms with van der Waals surface area (Å²) in [6.07, 6.45) is 0.784. The molecule has 1 fully saturated rings. The van der Waals surface area contributed by atoms with E-state index in [0.29, 0.717) is 12.5 Å². The first kappa shape index (κ1) is 22.8. The molecule has 6 heteroatoms. The van der Waals surface area contributed by atoms with Crippen LogP contribution in [-0.4, -0.2) is 44.8 Å². The minimum absolute atomic E-state index is 0.0913. The Hall–Kier alpha value is -1.89. The number of piperidine rings is 1. The van der Waals surface area contributed by atoms with Crippen molar-refractivity contribution in [2.24, 2.45) is 5.92 Å². The highest BCUT2D eigenvalue weighted by molar-refractivity contribution is 7.89. The third kappa shape index (κ3) is 6.56. The second-order valence-electron chi connectivity index (χ2n) is 8.43. The van der Waals surface area contributed by atoms with Gasteiger partial charge in [-0.2, -0.15) is 0 Å². The van der Waals surface area contributed by atoms with E-state index in [1.54, 1.807) is 6.92 Å². The van der Waals surface area contributed by atoms with Crippen LogP contribution in [0.15, 0.2) is 54.6 Å². The van der Waals surface area contributed by atoms with Crippen LogP contribution in [0.4, 0.5) is 0 Å². The zero-order valence-corrected chi connectivity index (χ0v) is 19.1. The fourth-order valence-electron chi connectivity index (χ4n) is 3.88. The Bertz CT molecular complexity index is 882. The molecule has 0 aromatic heterocycles. The van der Waals surface area contributed by atoms with Crippen molar-refractivity contribution in [1.82, 2.24) is 9.62 Å². The molecule has 164 valence electrons. The molecule has 2 aromatic rings. The third-order valence-electron chi connectivity index (χ3n) is 5.79. The molecule has 0 bridgehead atoms. The first-order chi connectivity index (χ1) is 14.4. The molecule has 0 spiro atoms. The maximum Gasteiger partial charge on any atom is 0.211 e. The summed E-state index contributed by atoms with van der Waals surface area (Å²) >= 11 is 0. The van der Waals surface area contributed by atoms with Gasteiger partial charge in [-0.05, 0) is 42.5 Å². The van der Waals surface area contributed by atoms with Gasteiger partial charge >= 0.3 is 0 Å². The van der Waals surface area contributed by atoms with Crippen molar-refractivity contribution in [3.8, 4) is 5.75 Å². The zero-order valence-electron chi connectivity index (χ0n) is 18.3. The molecule has 1 aliphatic heterocycles. The summed E-state index contributed by atoms with van der Waals surface area (Å²) in [5, 5.41) is 0. The first-order valence-electron chi connectivity index (χ1n) is 10.9. The van der Waals surface area contributed by atoms with Gasteiger partial charge in [0.05, 0.1) is 12.4 Å². The summed E-state index contributed by atoms with van der Waals surface area (Å²) in [7, 11) is -3.25. The van der Waals surface area contributed by atoms with E-state index >= 15 is 0 Å². The molecule has 2 atom stereocenters. The van der Waals surface area contributed by atoms with E-state index in [4.69, 9.17) is 4.74 Å². The maximum absolute atomic E-state index is 12.2. The van der Waals surface area contributed by atoms with Gasteiger partial charge in [-0.3, -0.25) is 4.90 Å². The number of hydrogen-bond donors (Lipinski definition) is 1. The molecule has 0 radical (unpaired) electrons. The highest BCUT2D eigenvalue weighted by atomic mass is 32.2. The van der Waals surface area contributed by atoms with Gasteiger partial charge in [-0.1, -0.05) is 56.3 Å². The van der Waals surface area contributed by atoms with Crippen LogP contribution < -0.4 is 9.46 Å². The lowest BCUT2D eigenvalue weighted by Gasteiger charge is -2.38. The molecule has 0 amide bonds. The summed E-state index contributed by atoms with van der Waals surface area (Å²) in [4.78, 5) is 2.39. The Labute approximate surface area is 181 Å². The van der Waals surface area contributed by atoms with Crippen molar-refractivity contribution >= 4 is 10.0 Å². The van der Waals surface area contributed by atoms with Crippen molar-refractivity contribution in [2.45, 2.75) is 45.7 Å². The van der Waals surface area contributed by atoms with Gasteiger partial charge in [-0.15, -0.1) is 0 Å². The Morgan fingerprint density at radius 1 is 1.10 bits per heavy atom. The van der Waals surface area contributed by atoms with Crippen LogP contribution in [0, 0.1) is 5.92 Å². The van der Waals surface area contributed by atoms with Crippen LogP contribution in [-0.2, 0) is 16.6 Å². The quantitative estimate of drug-likeness (QED) is 0.653. The van der Waals surface area contributed by atoms with Crippen molar-refractivity contribution in [3.05, 3.63) is 65.7 Å². The lowest BCUT2D eigenvalue weighted by Crippen LogP contribution is -2.52. The largest absolute Gasteiger partial charge is 0.493 e. The third-order valence-corrected chi connectivity index (χ3v) is 7.21. The topological polar surface area (TPSA) is 58.6 Å². The van der Waals surface area contributed by atoms with E-state index < -0.39 is 10.0 Å². The summed E-state index contributed by atoms with van der Waals surface area (Å²) in [5.74, 6) is 1.50. The fourth-order valence-corrected chi connectivity index (χ4v) is 4.82. The standard InChI is InChI=1S/C24H34N2O3S/c1-4-30(27,28)25-24-14-15-26(16-20-8-6-5-7-9-20)17-22(24)18-29-23-12-10-21(11-13-23)19(2)3/h5-13,19,22,24-25H,4,14-18H2,1-3H3/t22-,24-/m0/s1. The molecule has 1 heterocycles. The van der Waals surface area contributed by atoms with Crippen LogP contribution in [0.5, 0.6) is 5.75 Å². The average molecular weight is 431 g/mol. The van der Waals surface area contributed by atoms with Crippen molar-refractivity contribution < 1.29 is 13.2 Å². The molecule has 0 aliphatic carbocycles. The SMILES string of the molecule is CCS(=O)(=O)N[C@H]1CCN(Cc2ccccc2)C[C@H]1COc1ccc(C(C)C)cc1. The number of sulfonamides is 1. The van der Waals surface area contributed by atoms with Gasteiger partial charge in [0.1, 0.15) is 5.75 Å².